The zero-order valence-electron chi connectivity index (χ0n) is 4.30. The van der Waals surface area contributed by atoms with Crippen LogP contribution in [0.4, 0.5) is 0 Å². The molecule has 0 heterocycles. The molecule has 0 saturated heterocycles. The van der Waals surface area contributed by atoms with Gasteiger partial charge in [-0.2, -0.15) is 4.99 Å². The Morgan fingerprint density at radius 1 is 1.71 bits per heavy atom. The van der Waals surface area contributed by atoms with Gasteiger partial charge in [0.1, 0.15) is 0 Å². The molecule has 0 amide bonds. The van der Waals surface area contributed by atoms with Crippen LogP contribution in [0, 0.1) is 0 Å². The monoisotopic (exact) mass is 117 g/mol. The first-order valence-electron chi connectivity index (χ1n) is 1.87. The molecule has 0 spiro atoms. The maximum atomic E-state index is 8.72. The van der Waals surface area contributed by atoms with Gasteiger partial charge in [0.05, 0.1) is 5.16 Å². The van der Waals surface area contributed by atoms with Gasteiger partial charge in [0, 0.05) is 0 Å². The van der Waals surface area contributed by atoms with E-state index in [-0.39, 0.29) is 0 Å². The van der Waals surface area contributed by atoms with Gasteiger partial charge in [-0.05, 0) is 26.1 Å². The van der Waals surface area contributed by atoms with Crippen molar-refractivity contribution in [2.24, 2.45) is 4.99 Å². The van der Waals surface area contributed by atoms with Gasteiger partial charge in [-0.3, -0.25) is 0 Å². The summed E-state index contributed by atoms with van der Waals surface area (Å²) in [6, 6.07) is 0. The van der Waals surface area contributed by atoms with Crippen molar-refractivity contribution in [3.05, 3.63) is 0 Å². The second-order valence-electron chi connectivity index (χ2n) is 1.70. The predicted octanol–water partition coefficient (Wildman–Crippen LogP) is 0.818. The van der Waals surface area contributed by atoms with Gasteiger partial charge in [-0.1, -0.05) is 0 Å². The van der Waals surface area contributed by atoms with Gasteiger partial charge < -0.3 is 5.11 Å². The zero-order valence-corrected chi connectivity index (χ0v) is 5.12. The summed E-state index contributed by atoms with van der Waals surface area (Å²) in [5.41, 5.74) is -1.04. The Morgan fingerprint density at radius 2 is 2.14 bits per heavy atom. The van der Waals surface area contributed by atoms with Crippen molar-refractivity contribution in [2.45, 2.75) is 19.6 Å². The Hall–Kier alpha value is -0.240. The highest BCUT2D eigenvalue weighted by atomic mass is 32.1. The third kappa shape index (κ3) is 5.76. The quantitative estimate of drug-likeness (QED) is 0.407. The Morgan fingerprint density at radius 3 is 2.14 bits per heavy atom. The summed E-state index contributed by atoms with van der Waals surface area (Å²) in [4.78, 5) is 3.38. The summed E-state index contributed by atoms with van der Waals surface area (Å²) in [5, 5.41) is 10.8. The molecule has 2 nitrogen and oxygen atoms in total. The van der Waals surface area contributed by atoms with Crippen molar-refractivity contribution in [2.75, 3.05) is 0 Å². The maximum Gasteiger partial charge on any atom is 0.159 e. The highest BCUT2D eigenvalue weighted by Gasteiger charge is 2.05. The lowest BCUT2D eigenvalue weighted by Gasteiger charge is -2.05. The fourth-order valence-corrected chi connectivity index (χ4v) is 0.335. The fraction of sp³-hybridized carbons (Fsp3) is 0.750. The largest absolute Gasteiger partial charge is 0.369 e. The molecule has 0 rings (SSSR count). The normalized spacial score (nSPS) is 10.1. The molecule has 0 bridgehead atoms. The van der Waals surface area contributed by atoms with E-state index >= 15 is 0 Å². The maximum absolute atomic E-state index is 8.72. The number of aliphatic hydroxyl groups is 1. The van der Waals surface area contributed by atoms with Crippen molar-refractivity contribution in [1.29, 1.82) is 0 Å². The summed E-state index contributed by atoms with van der Waals surface area (Å²) < 4.78 is 0. The minimum absolute atomic E-state index is 1.04. The molecule has 7 heavy (non-hydrogen) atoms. The SMILES string of the molecule is CC(C)(O)N=C=S. The highest BCUT2D eigenvalue weighted by Crippen LogP contribution is 1.98. The first kappa shape index (κ1) is 6.76. The van der Waals surface area contributed by atoms with Crippen molar-refractivity contribution in [3.63, 3.8) is 0 Å². The molecule has 0 aromatic carbocycles. The van der Waals surface area contributed by atoms with Crippen LogP contribution in [0.1, 0.15) is 13.8 Å². The summed E-state index contributed by atoms with van der Waals surface area (Å²) in [6.45, 7) is 3.07. The first-order chi connectivity index (χ1) is 3.06. The van der Waals surface area contributed by atoms with Crippen LogP contribution in [-0.2, 0) is 0 Å². The molecule has 0 aromatic rings. The molecular weight excluding hydrogens is 110 g/mol. The van der Waals surface area contributed by atoms with Crippen molar-refractivity contribution >= 4 is 17.4 Å². The van der Waals surface area contributed by atoms with Crippen LogP contribution in [0.2, 0.25) is 0 Å². The minimum Gasteiger partial charge on any atom is -0.369 e. The zero-order chi connectivity index (χ0) is 5.91. The Balaban J connectivity index is 3.80. The van der Waals surface area contributed by atoms with E-state index in [4.69, 9.17) is 5.11 Å². The molecule has 0 radical (unpaired) electrons. The highest BCUT2D eigenvalue weighted by molar-refractivity contribution is 7.78. The minimum atomic E-state index is -1.04. The lowest BCUT2D eigenvalue weighted by Crippen LogP contribution is -2.13. The lowest BCUT2D eigenvalue weighted by molar-refractivity contribution is 0.0919. The molecule has 0 aliphatic heterocycles. The lowest BCUT2D eigenvalue weighted by atomic mass is 10.3. The topological polar surface area (TPSA) is 32.6 Å². The molecular formula is C4H7NOS. The molecule has 0 aliphatic carbocycles. The molecule has 40 valence electrons. The number of nitrogens with zero attached hydrogens (tertiary/aromatic N) is 1. The van der Waals surface area contributed by atoms with E-state index in [1.54, 1.807) is 0 Å². The third-order valence-corrected chi connectivity index (χ3v) is 0.411. The van der Waals surface area contributed by atoms with Crippen molar-refractivity contribution in [3.8, 4) is 0 Å². The Kier molecular flexibility index (Phi) is 2.09. The standard InChI is InChI=1S/C4H7NOS/c1-4(2,6)5-3-7/h6H,1-2H3. The average molecular weight is 117 g/mol. The summed E-state index contributed by atoms with van der Waals surface area (Å²) in [7, 11) is 0. The molecule has 0 fully saturated rings. The fourth-order valence-electron chi connectivity index (χ4n) is 0.112. The molecule has 0 aromatic heterocycles. The average Bonchev–Trinajstić information content (AvgIpc) is 1.30. The molecule has 0 aliphatic rings. The van der Waals surface area contributed by atoms with Crippen LogP contribution in [0.3, 0.4) is 0 Å². The van der Waals surface area contributed by atoms with E-state index in [1.807, 2.05) is 0 Å². The number of aliphatic imine (C=N–C) groups is 1. The third-order valence-electron chi connectivity index (χ3n) is 0.319. The Bertz CT molecular complexity index is 98.7. The van der Waals surface area contributed by atoms with E-state index < -0.39 is 5.72 Å². The second-order valence-corrected chi connectivity index (χ2v) is 1.88. The van der Waals surface area contributed by atoms with Gasteiger partial charge in [-0.15, -0.1) is 0 Å². The van der Waals surface area contributed by atoms with Gasteiger partial charge in [0.25, 0.3) is 0 Å². The number of hydrogen-bond acceptors (Lipinski definition) is 3. The van der Waals surface area contributed by atoms with Gasteiger partial charge in [0.2, 0.25) is 0 Å². The van der Waals surface area contributed by atoms with E-state index in [2.05, 4.69) is 22.4 Å². The predicted molar refractivity (Wildman–Crippen MR) is 31.3 cm³/mol. The van der Waals surface area contributed by atoms with E-state index in [9.17, 15) is 0 Å². The van der Waals surface area contributed by atoms with Crippen molar-refractivity contribution in [1.82, 2.24) is 0 Å². The number of isothiocyanates is 1. The van der Waals surface area contributed by atoms with Crippen molar-refractivity contribution < 1.29 is 5.11 Å². The van der Waals surface area contributed by atoms with E-state index in [1.165, 1.54) is 13.8 Å². The number of hydrogen-bond donors (Lipinski definition) is 1. The molecule has 0 atom stereocenters. The first-order valence-corrected chi connectivity index (χ1v) is 2.28. The molecule has 1 N–H and O–H groups in total. The summed E-state index contributed by atoms with van der Waals surface area (Å²) in [5.74, 6) is 0. The van der Waals surface area contributed by atoms with E-state index in [0.29, 0.717) is 0 Å². The van der Waals surface area contributed by atoms with Crippen LogP contribution in [-0.4, -0.2) is 16.0 Å². The summed E-state index contributed by atoms with van der Waals surface area (Å²) >= 11 is 4.22. The van der Waals surface area contributed by atoms with E-state index in [0.717, 1.165) is 0 Å². The van der Waals surface area contributed by atoms with Gasteiger partial charge in [-0.25, -0.2) is 0 Å². The van der Waals surface area contributed by atoms with Gasteiger partial charge >= 0.3 is 0 Å². The molecule has 3 heteroatoms. The number of rotatable bonds is 1. The van der Waals surface area contributed by atoms with Gasteiger partial charge in [0.15, 0.2) is 5.72 Å². The van der Waals surface area contributed by atoms with Crippen LogP contribution in [0.25, 0.3) is 0 Å². The molecule has 0 unspecified atom stereocenters. The van der Waals surface area contributed by atoms with Crippen LogP contribution >= 0.6 is 12.2 Å². The smallest absolute Gasteiger partial charge is 0.159 e. The number of thiocarbonyl (C=S) groups is 1. The van der Waals surface area contributed by atoms with Crippen LogP contribution < -0.4 is 0 Å². The second kappa shape index (κ2) is 2.17. The van der Waals surface area contributed by atoms with Crippen LogP contribution in [0.15, 0.2) is 4.99 Å². The summed E-state index contributed by atoms with van der Waals surface area (Å²) in [6.07, 6.45) is 0. The Labute approximate surface area is 47.9 Å². The van der Waals surface area contributed by atoms with Crippen LogP contribution in [0.5, 0.6) is 0 Å². The molecule has 0 saturated carbocycles.